The molecule has 1 heterocycles. The lowest BCUT2D eigenvalue weighted by Crippen LogP contribution is -2.55. The Labute approximate surface area is 103 Å². The van der Waals surface area contributed by atoms with Crippen LogP contribution in [0.1, 0.15) is 13.3 Å². The van der Waals surface area contributed by atoms with Gasteiger partial charge >= 0.3 is 0 Å². The molecule has 0 aromatic carbocycles. The highest BCUT2D eigenvalue weighted by molar-refractivity contribution is 5.85. The van der Waals surface area contributed by atoms with Crippen LogP contribution in [0.4, 0.5) is 0 Å². The molecule has 1 unspecified atom stereocenters. The van der Waals surface area contributed by atoms with Crippen molar-refractivity contribution in [2.24, 2.45) is 0 Å². The summed E-state index contributed by atoms with van der Waals surface area (Å²) >= 11 is 0. The van der Waals surface area contributed by atoms with Gasteiger partial charge in [-0.05, 0) is 19.9 Å². The van der Waals surface area contributed by atoms with E-state index in [4.69, 9.17) is 9.47 Å². The predicted molar refractivity (Wildman–Crippen MR) is 64.0 cm³/mol. The summed E-state index contributed by atoms with van der Waals surface area (Å²) in [6.07, 6.45) is 0.934. The summed E-state index contributed by atoms with van der Waals surface area (Å²) in [4.78, 5) is 11.5. The monoisotopic (exact) mass is 252 g/mol. The maximum atomic E-state index is 11.5. The van der Waals surface area contributed by atoms with Crippen LogP contribution in [0.3, 0.4) is 0 Å². The molecule has 2 atom stereocenters. The molecule has 0 bridgehead atoms. The average Bonchev–Trinajstić information content (AvgIpc) is 2.09. The average molecular weight is 253 g/mol. The molecular weight excluding hydrogens is 232 g/mol. The van der Waals surface area contributed by atoms with E-state index in [2.05, 4.69) is 10.6 Å². The lowest BCUT2D eigenvalue weighted by molar-refractivity contribution is -0.125. The first-order valence-corrected chi connectivity index (χ1v) is 5.34. The van der Waals surface area contributed by atoms with Gasteiger partial charge in [-0.1, -0.05) is 0 Å². The molecule has 0 aromatic rings. The maximum Gasteiger partial charge on any atom is 0.237 e. The zero-order valence-corrected chi connectivity index (χ0v) is 10.6. The highest BCUT2D eigenvalue weighted by Crippen LogP contribution is 2.01. The SMILES string of the molecule is COCCOCC(C)NC(=O)[C@H]1CCN1.Cl. The number of carbonyl (C=O) groups is 1. The number of hydrogen-bond donors (Lipinski definition) is 2. The molecule has 16 heavy (non-hydrogen) atoms. The number of methoxy groups -OCH3 is 1. The van der Waals surface area contributed by atoms with Gasteiger partial charge in [0.2, 0.25) is 5.91 Å². The molecule has 0 aliphatic carbocycles. The Morgan fingerprint density at radius 1 is 1.56 bits per heavy atom. The van der Waals surface area contributed by atoms with Crippen molar-refractivity contribution in [1.29, 1.82) is 0 Å². The van der Waals surface area contributed by atoms with E-state index in [9.17, 15) is 4.79 Å². The molecule has 1 amide bonds. The molecule has 1 aliphatic rings. The van der Waals surface area contributed by atoms with Crippen molar-refractivity contribution in [1.82, 2.24) is 10.6 Å². The Hall–Kier alpha value is -0.360. The van der Waals surface area contributed by atoms with Gasteiger partial charge in [-0.3, -0.25) is 4.79 Å². The number of hydrogen-bond acceptors (Lipinski definition) is 4. The van der Waals surface area contributed by atoms with Gasteiger partial charge in [-0.25, -0.2) is 0 Å². The van der Waals surface area contributed by atoms with Gasteiger partial charge in [0, 0.05) is 13.2 Å². The molecule has 1 aliphatic heterocycles. The Kier molecular flexibility index (Phi) is 8.56. The number of amides is 1. The summed E-state index contributed by atoms with van der Waals surface area (Å²) in [5.74, 6) is 0.0732. The van der Waals surface area contributed by atoms with Crippen molar-refractivity contribution < 1.29 is 14.3 Å². The number of nitrogens with one attached hydrogen (secondary N) is 2. The molecule has 5 nitrogen and oxygen atoms in total. The summed E-state index contributed by atoms with van der Waals surface area (Å²) in [7, 11) is 1.64. The van der Waals surface area contributed by atoms with E-state index in [-0.39, 0.29) is 30.4 Å². The van der Waals surface area contributed by atoms with Gasteiger partial charge in [0.25, 0.3) is 0 Å². The van der Waals surface area contributed by atoms with Crippen molar-refractivity contribution >= 4 is 18.3 Å². The van der Waals surface area contributed by atoms with Crippen molar-refractivity contribution in [3.05, 3.63) is 0 Å². The molecule has 0 aromatic heterocycles. The first-order chi connectivity index (χ1) is 7.24. The van der Waals surface area contributed by atoms with E-state index in [0.717, 1.165) is 13.0 Å². The van der Waals surface area contributed by atoms with E-state index in [0.29, 0.717) is 19.8 Å². The largest absolute Gasteiger partial charge is 0.382 e. The summed E-state index contributed by atoms with van der Waals surface area (Å²) in [5.41, 5.74) is 0. The molecular formula is C10H21ClN2O3. The maximum absolute atomic E-state index is 11.5. The Bertz CT molecular complexity index is 201. The smallest absolute Gasteiger partial charge is 0.237 e. The second-order valence-electron chi connectivity index (χ2n) is 3.77. The normalized spacial score (nSPS) is 20.5. The number of rotatable bonds is 7. The van der Waals surface area contributed by atoms with Gasteiger partial charge in [0.1, 0.15) is 0 Å². The second-order valence-corrected chi connectivity index (χ2v) is 3.77. The van der Waals surface area contributed by atoms with Gasteiger partial charge in [0.05, 0.1) is 25.9 Å². The first-order valence-electron chi connectivity index (χ1n) is 5.34. The fraction of sp³-hybridized carbons (Fsp3) is 0.900. The quantitative estimate of drug-likeness (QED) is 0.624. The topological polar surface area (TPSA) is 59.6 Å². The summed E-state index contributed by atoms with van der Waals surface area (Å²) in [6.45, 7) is 4.56. The minimum Gasteiger partial charge on any atom is -0.382 e. The van der Waals surface area contributed by atoms with Crippen LogP contribution in [0.5, 0.6) is 0 Å². The number of carbonyl (C=O) groups excluding carboxylic acids is 1. The third-order valence-corrected chi connectivity index (χ3v) is 2.33. The van der Waals surface area contributed by atoms with Crippen LogP contribution in [-0.4, -0.2) is 51.5 Å². The van der Waals surface area contributed by atoms with Gasteiger partial charge in [0.15, 0.2) is 0 Å². The summed E-state index contributed by atoms with van der Waals surface area (Å²) < 4.78 is 10.2. The van der Waals surface area contributed by atoms with Crippen molar-refractivity contribution in [3.63, 3.8) is 0 Å². The fourth-order valence-electron chi connectivity index (χ4n) is 1.30. The van der Waals surface area contributed by atoms with E-state index in [1.54, 1.807) is 7.11 Å². The van der Waals surface area contributed by atoms with Crippen LogP contribution >= 0.6 is 12.4 Å². The molecule has 96 valence electrons. The molecule has 0 saturated carbocycles. The first kappa shape index (κ1) is 15.6. The lowest BCUT2D eigenvalue weighted by atomic mass is 10.1. The molecule has 0 radical (unpaired) electrons. The Morgan fingerprint density at radius 2 is 2.25 bits per heavy atom. The second kappa shape index (κ2) is 8.75. The highest BCUT2D eigenvalue weighted by Gasteiger charge is 2.25. The third kappa shape index (κ3) is 5.65. The fourth-order valence-corrected chi connectivity index (χ4v) is 1.30. The molecule has 1 fully saturated rings. The lowest BCUT2D eigenvalue weighted by Gasteiger charge is -2.27. The highest BCUT2D eigenvalue weighted by atomic mass is 35.5. The van der Waals surface area contributed by atoms with E-state index >= 15 is 0 Å². The zero-order chi connectivity index (χ0) is 11.1. The predicted octanol–water partition coefficient (Wildman–Crippen LogP) is -0.0622. The minimum atomic E-state index is 0. The number of ether oxygens (including phenoxy) is 2. The van der Waals surface area contributed by atoms with Gasteiger partial charge in [-0.15, -0.1) is 12.4 Å². The molecule has 1 rings (SSSR count). The minimum absolute atomic E-state index is 0. The Morgan fingerprint density at radius 3 is 2.75 bits per heavy atom. The summed E-state index contributed by atoms with van der Waals surface area (Å²) in [5, 5.41) is 5.95. The van der Waals surface area contributed by atoms with Crippen LogP contribution in [0.25, 0.3) is 0 Å². The standard InChI is InChI=1S/C10H20N2O3.ClH/c1-8(7-15-6-5-14-2)12-10(13)9-3-4-11-9;/h8-9,11H,3-7H2,1-2H3,(H,12,13);1H/t8?,9-;/m1./s1. The van der Waals surface area contributed by atoms with Crippen molar-refractivity contribution in [2.75, 3.05) is 33.5 Å². The zero-order valence-electron chi connectivity index (χ0n) is 9.82. The van der Waals surface area contributed by atoms with Gasteiger partial charge < -0.3 is 20.1 Å². The molecule has 0 spiro atoms. The molecule has 1 saturated heterocycles. The van der Waals surface area contributed by atoms with E-state index in [1.165, 1.54) is 0 Å². The van der Waals surface area contributed by atoms with Gasteiger partial charge in [-0.2, -0.15) is 0 Å². The number of halogens is 1. The third-order valence-electron chi connectivity index (χ3n) is 2.33. The van der Waals surface area contributed by atoms with Crippen molar-refractivity contribution in [3.8, 4) is 0 Å². The van der Waals surface area contributed by atoms with Crippen molar-refractivity contribution in [2.45, 2.75) is 25.4 Å². The van der Waals surface area contributed by atoms with Crippen LogP contribution in [-0.2, 0) is 14.3 Å². The van der Waals surface area contributed by atoms with E-state index < -0.39 is 0 Å². The Balaban J connectivity index is 0.00000225. The molecule has 2 N–H and O–H groups in total. The van der Waals surface area contributed by atoms with Crippen LogP contribution in [0.2, 0.25) is 0 Å². The van der Waals surface area contributed by atoms with Crippen LogP contribution < -0.4 is 10.6 Å². The van der Waals surface area contributed by atoms with Crippen LogP contribution in [0.15, 0.2) is 0 Å². The van der Waals surface area contributed by atoms with Crippen LogP contribution in [0, 0.1) is 0 Å². The summed E-state index contributed by atoms with van der Waals surface area (Å²) in [6, 6.07) is 0.0585. The molecule has 6 heteroatoms. The van der Waals surface area contributed by atoms with E-state index in [1.807, 2.05) is 6.92 Å².